The summed E-state index contributed by atoms with van der Waals surface area (Å²) in [5, 5.41) is 9.28. The molecule has 0 aromatic carbocycles. The first-order chi connectivity index (χ1) is 9.28. The highest BCUT2D eigenvalue weighted by atomic mass is 16.7. The number of rotatable bonds is 3. The summed E-state index contributed by atoms with van der Waals surface area (Å²) in [6, 6.07) is 0. The molecule has 0 unspecified atom stereocenters. The molecule has 5 nitrogen and oxygen atoms in total. The molecule has 21 heavy (non-hydrogen) atoms. The lowest BCUT2D eigenvalue weighted by Crippen LogP contribution is -2.58. The molecule has 0 bridgehead atoms. The molecule has 0 spiro atoms. The van der Waals surface area contributed by atoms with E-state index in [1.54, 1.807) is 0 Å². The van der Waals surface area contributed by atoms with Crippen LogP contribution in [0.2, 0.25) is 0 Å². The Morgan fingerprint density at radius 1 is 1.14 bits per heavy atom. The maximum absolute atomic E-state index is 9.62. The van der Waals surface area contributed by atoms with Gasteiger partial charge in [0.2, 0.25) is 0 Å². The van der Waals surface area contributed by atoms with Crippen molar-refractivity contribution in [2.75, 3.05) is 0 Å². The van der Waals surface area contributed by atoms with Gasteiger partial charge in [-0.15, -0.1) is 0 Å². The molecular formula is C11H15B5N2O3. The van der Waals surface area contributed by atoms with Gasteiger partial charge in [0.05, 0.1) is 26.9 Å². The third kappa shape index (κ3) is 2.73. The van der Waals surface area contributed by atoms with E-state index in [-0.39, 0.29) is 0 Å². The smallest absolute Gasteiger partial charge is 0.408 e. The van der Waals surface area contributed by atoms with Gasteiger partial charge in [0.1, 0.15) is 15.7 Å². The normalized spacial score (nSPS) is 21.7. The Morgan fingerprint density at radius 3 is 2.05 bits per heavy atom. The van der Waals surface area contributed by atoms with Crippen LogP contribution in [0.5, 0.6) is 0 Å². The second-order valence-electron chi connectivity index (χ2n) is 6.46. The molecule has 8 radical (unpaired) electrons. The largest absolute Gasteiger partial charge is 0.498 e. The molecule has 1 fully saturated rings. The van der Waals surface area contributed by atoms with E-state index in [0.717, 1.165) is 4.68 Å². The first-order valence-corrected chi connectivity index (χ1v) is 6.56. The fourth-order valence-electron chi connectivity index (χ4n) is 1.82. The van der Waals surface area contributed by atoms with Crippen molar-refractivity contribution >= 4 is 44.0 Å². The van der Waals surface area contributed by atoms with E-state index in [2.05, 4.69) is 5.10 Å². The van der Waals surface area contributed by atoms with Crippen LogP contribution in [0.15, 0.2) is 12.4 Å². The minimum atomic E-state index is -2.34. The summed E-state index contributed by atoms with van der Waals surface area (Å²) in [6.07, 6.45) is 2.95. The maximum atomic E-state index is 9.62. The summed E-state index contributed by atoms with van der Waals surface area (Å²) in [7, 11) is 21.5. The van der Waals surface area contributed by atoms with Crippen LogP contribution in [0.4, 0.5) is 0 Å². The van der Waals surface area contributed by atoms with Crippen LogP contribution in [0.25, 0.3) is 0 Å². The Balaban J connectivity index is 2.27. The molecule has 1 aromatic rings. The Kier molecular flexibility index (Phi) is 3.76. The molecule has 0 saturated carbocycles. The topological polar surface area (TPSA) is 56.5 Å². The summed E-state index contributed by atoms with van der Waals surface area (Å²) < 4.78 is 12.8. The fourth-order valence-corrected chi connectivity index (χ4v) is 1.82. The summed E-state index contributed by atoms with van der Waals surface area (Å²) >= 11 is 0. The van der Waals surface area contributed by atoms with E-state index in [4.69, 9.17) is 40.7 Å². The molecule has 0 aliphatic carbocycles. The maximum Gasteiger partial charge on any atom is 0.498 e. The van der Waals surface area contributed by atoms with Crippen molar-refractivity contribution in [3.05, 3.63) is 12.4 Å². The van der Waals surface area contributed by atoms with Gasteiger partial charge in [-0.05, 0) is 38.4 Å². The molecule has 0 atom stereocenters. The van der Waals surface area contributed by atoms with E-state index >= 15 is 0 Å². The highest BCUT2D eigenvalue weighted by molar-refractivity contribution is 6.62. The molecule has 1 saturated heterocycles. The molecule has 1 aliphatic rings. The summed E-state index contributed by atoms with van der Waals surface area (Å²) in [5.41, 5.74) is -0.367. The first-order valence-electron chi connectivity index (χ1n) is 6.56. The van der Waals surface area contributed by atoms with Crippen LogP contribution in [-0.4, -0.2) is 70.0 Å². The molecule has 10 heteroatoms. The van der Waals surface area contributed by atoms with Gasteiger partial charge in [-0.2, -0.15) is 5.10 Å². The van der Waals surface area contributed by atoms with Crippen molar-refractivity contribution < 1.29 is 14.4 Å². The van der Waals surface area contributed by atoms with Crippen molar-refractivity contribution in [3.63, 3.8) is 0 Å². The van der Waals surface area contributed by atoms with Crippen LogP contribution in [0.3, 0.4) is 0 Å². The van der Waals surface area contributed by atoms with Crippen molar-refractivity contribution in [1.82, 2.24) is 9.78 Å². The van der Waals surface area contributed by atoms with Gasteiger partial charge in [-0.3, -0.25) is 4.68 Å². The molecule has 1 N–H and O–H groups in total. The number of aliphatic hydroxyl groups is 1. The van der Waals surface area contributed by atoms with Gasteiger partial charge in [0.25, 0.3) is 0 Å². The Bertz CT molecular complexity index is 522. The zero-order chi connectivity index (χ0) is 16.3. The summed E-state index contributed by atoms with van der Waals surface area (Å²) in [6.45, 7) is 7.75. The van der Waals surface area contributed by atoms with Gasteiger partial charge in [0, 0.05) is 17.9 Å². The minimum absolute atomic E-state index is 0.481. The van der Waals surface area contributed by atoms with Crippen molar-refractivity contribution in [2.45, 2.75) is 49.6 Å². The number of aromatic nitrogens is 2. The zero-order valence-corrected chi connectivity index (χ0v) is 12.7. The number of hydrogen-bond acceptors (Lipinski definition) is 4. The molecule has 2 rings (SSSR count). The number of nitrogens with zero attached hydrogens (tertiary/aromatic N) is 2. The highest BCUT2D eigenvalue weighted by Gasteiger charge is 2.52. The van der Waals surface area contributed by atoms with Gasteiger partial charge >= 0.3 is 7.12 Å². The third-order valence-corrected chi connectivity index (χ3v) is 4.15. The third-order valence-electron chi connectivity index (χ3n) is 4.15. The van der Waals surface area contributed by atoms with E-state index in [1.165, 1.54) is 12.4 Å². The Morgan fingerprint density at radius 2 is 1.62 bits per heavy atom. The predicted octanol–water partition coefficient (Wildman–Crippen LogP) is -1.89. The van der Waals surface area contributed by atoms with Crippen LogP contribution in [0.1, 0.15) is 27.7 Å². The Hall–Kier alpha value is -0.585. The highest BCUT2D eigenvalue weighted by Crippen LogP contribution is 2.36. The minimum Gasteiger partial charge on any atom is -0.408 e. The summed E-state index contributed by atoms with van der Waals surface area (Å²) in [4.78, 5) is 0. The van der Waals surface area contributed by atoms with Crippen LogP contribution in [0, 0.1) is 0 Å². The van der Waals surface area contributed by atoms with Gasteiger partial charge in [0.15, 0.2) is 0 Å². The van der Waals surface area contributed by atoms with Gasteiger partial charge in [-0.1, -0.05) is 0 Å². The molecular weight excluding hydrogens is 262 g/mol. The molecule has 102 valence electrons. The standard InChI is InChI=1S/C11H15B5N2O3/c1-8(2)9(3,4)21-16(20-8)7-5-17-18(6-7)10(12,13)11(14,15)19/h5-6,19H,1-4H3. The lowest BCUT2D eigenvalue weighted by molar-refractivity contribution is 0.00578. The van der Waals surface area contributed by atoms with E-state index in [1.807, 2.05) is 27.7 Å². The number of hydrogen-bond donors (Lipinski definition) is 1. The molecule has 2 heterocycles. The van der Waals surface area contributed by atoms with Gasteiger partial charge in [-0.25, -0.2) is 0 Å². The first kappa shape index (κ1) is 16.8. The quantitative estimate of drug-likeness (QED) is 0.657. The fraction of sp³-hybridized carbons (Fsp3) is 0.727. The van der Waals surface area contributed by atoms with Crippen molar-refractivity contribution in [1.29, 1.82) is 0 Å². The molecule has 1 aromatic heterocycles. The van der Waals surface area contributed by atoms with E-state index in [9.17, 15) is 5.11 Å². The van der Waals surface area contributed by atoms with Crippen LogP contribution in [-0.2, 0) is 14.6 Å². The van der Waals surface area contributed by atoms with Crippen molar-refractivity contribution in [3.8, 4) is 0 Å². The predicted molar refractivity (Wildman–Crippen MR) is 83.9 cm³/mol. The Labute approximate surface area is 130 Å². The lowest BCUT2D eigenvalue weighted by atomic mass is 9.40. The van der Waals surface area contributed by atoms with Gasteiger partial charge < -0.3 is 14.4 Å². The zero-order valence-electron chi connectivity index (χ0n) is 12.7. The second kappa shape index (κ2) is 4.70. The van der Waals surface area contributed by atoms with E-state index in [0.29, 0.717) is 5.46 Å². The summed E-state index contributed by atoms with van der Waals surface area (Å²) in [5.74, 6) is 0. The SMILES string of the molecule is [B]C([B])(O)C([B])([B])n1cc(B2OC(C)(C)C(C)(C)O2)cn1. The van der Waals surface area contributed by atoms with Crippen LogP contribution >= 0.6 is 0 Å². The monoisotopic (exact) mass is 278 g/mol. The molecule has 1 aliphatic heterocycles. The average Bonchev–Trinajstić information content (AvgIpc) is 2.81. The molecule has 0 amide bonds. The van der Waals surface area contributed by atoms with Crippen LogP contribution < -0.4 is 5.46 Å². The lowest BCUT2D eigenvalue weighted by Gasteiger charge is -2.40. The van der Waals surface area contributed by atoms with Crippen molar-refractivity contribution in [2.24, 2.45) is 0 Å². The van der Waals surface area contributed by atoms with E-state index < -0.39 is 29.1 Å². The average molecular weight is 277 g/mol. The second-order valence-corrected chi connectivity index (χ2v) is 6.46.